The number of rotatable bonds is 8. The van der Waals surface area contributed by atoms with Gasteiger partial charge in [0.25, 0.3) is 5.91 Å². The third-order valence-electron chi connectivity index (χ3n) is 5.33. The summed E-state index contributed by atoms with van der Waals surface area (Å²) in [5.74, 6) is -0.916. The third kappa shape index (κ3) is 5.07. The van der Waals surface area contributed by atoms with Crippen molar-refractivity contribution in [2.24, 2.45) is 5.92 Å². The number of ketones is 1. The standard InChI is InChI=1S/C26H23NO4/c28-23(27-24(19-15-16-19)18-9-3-1-4-10-18)17-31-26(30)22-14-8-7-13-21(22)25(29)20-11-5-2-6-12-20/h1-14,19,24H,15-17H2,(H,27,28). The molecule has 1 atom stereocenters. The molecule has 0 aliphatic heterocycles. The summed E-state index contributed by atoms with van der Waals surface area (Å²) in [4.78, 5) is 37.9. The lowest BCUT2D eigenvalue weighted by Crippen LogP contribution is -2.33. The minimum absolute atomic E-state index is 0.0839. The first-order chi connectivity index (χ1) is 15.1. The van der Waals surface area contributed by atoms with E-state index in [1.54, 1.807) is 42.5 Å². The van der Waals surface area contributed by atoms with Crippen LogP contribution >= 0.6 is 0 Å². The maximum absolute atomic E-state index is 12.8. The van der Waals surface area contributed by atoms with Gasteiger partial charge in [0.2, 0.25) is 0 Å². The zero-order chi connectivity index (χ0) is 21.6. The van der Waals surface area contributed by atoms with Gasteiger partial charge in [-0.05, 0) is 30.4 Å². The van der Waals surface area contributed by atoms with Gasteiger partial charge in [0, 0.05) is 11.1 Å². The summed E-state index contributed by atoms with van der Waals surface area (Å²) < 4.78 is 5.25. The molecule has 0 saturated heterocycles. The molecule has 0 bridgehead atoms. The highest BCUT2D eigenvalue weighted by atomic mass is 16.5. The molecule has 1 unspecified atom stereocenters. The van der Waals surface area contributed by atoms with E-state index in [0.717, 1.165) is 18.4 Å². The quantitative estimate of drug-likeness (QED) is 0.440. The highest BCUT2D eigenvalue weighted by molar-refractivity contribution is 6.14. The second kappa shape index (κ2) is 9.39. The van der Waals surface area contributed by atoms with Crippen molar-refractivity contribution >= 4 is 17.7 Å². The van der Waals surface area contributed by atoms with Crippen molar-refractivity contribution in [3.63, 3.8) is 0 Å². The van der Waals surface area contributed by atoms with Crippen molar-refractivity contribution in [2.45, 2.75) is 18.9 Å². The molecule has 156 valence electrons. The van der Waals surface area contributed by atoms with Crippen molar-refractivity contribution in [1.82, 2.24) is 5.32 Å². The fraction of sp³-hybridized carbons (Fsp3) is 0.192. The predicted octanol–water partition coefficient (Wildman–Crippen LogP) is 4.34. The number of amides is 1. The van der Waals surface area contributed by atoms with Crippen LogP contribution in [0.15, 0.2) is 84.9 Å². The van der Waals surface area contributed by atoms with Gasteiger partial charge in [-0.2, -0.15) is 0 Å². The summed E-state index contributed by atoms with van der Waals surface area (Å²) in [5.41, 5.74) is 1.92. The van der Waals surface area contributed by atoms with Crippen LogP contribution in [-0.2, 0) is 9.53 Å². The molecule has 1 saturated carbocycles. The average Bonchev–Trinajstić information content (AvgIpc) is 3.67. The second-order valence-corrected chi connectivity index (χ2v) is 7.61. The van der Waals surface area contributed by atoms with Gasteiger partial charge >= 0.3 is 5.97 Å². The summed E-state index contributed by atoms with van der Waals surface area (Å²) in [5, 5.41) is 2.98. The topological polar surface area (TPSA) is 72.5 Å². The molecule has 31 heavy (non-hydrogen) atoms. The van der Waals surface area contributed by atoms with Gasteiger partial charge in [0.05, 0.1) is 11.6 Å². The summed E-state index contributed by atoms with van der Waals surface area (Å²) >= 11 is 0. The van der Waals surface area contributed by atoms with E-state index in [0.29, 0.717) is 11.5 Å². The Balaban J connectivity index is 1.41. The van der Waals surface area contributed by atoms with Gasteiger partial charge < -0.3 is 10.1 Å². The molecule has 5 nitrogen and oxygen atoms in total. The van der Waals surface area contributed by atoms with Crippen LogP contribution in [0, 0.1) is 5.92 Å². The number of esters is 1. The zero-order valence-electron chi connectivity index (χ0n) is 17.0. The number of hydrogen-bond acceptors (Lipinski definition) is 4. The maximum atomic E-state index is 12.8. The lowest BCUT2D eigenvalue weighted by molar-refractivity contribution is -0.125. The first kappa shape index (κ1) is 20.5. The van der Waals surface area contributed by atoms with E-state index in [1.807, 2.05) is 36.4 Å². The van der Waals surface area contributed by atoms with Gasteiger partial charge in [0.1, 0.15) is 0 Å². The van der Waals surface area contributed by atoms with E-state index in [-0.39, 0.29) is 28.9 Å². The van der Waals surface area contributed by atoms with Crippen molar-refractivity contribution in [2.75, 3.05) is 6.61 Å². The molecule has 3 aromatic rings. The Morgan fingerprint density at radius 1 is 0.806 bits per heavy atom. The number of hydrogen-bond donors (Lipinski definition) is 1. The molecule has 5 heteroatoms. The van der Waals surface area contributed by atoms with Crippen LogP contribution in [0.1, 0.15) is 50.7 Å². The van der Waals surface area contributed by atoms with Crippen LogP contribution in [0.2, 0.25) is 0 Å². The van der Waals surface area contributed by atoms with E-state index in [4.69, 9.17) is 4.74 Å². The van der Waals surface area contributed by atoms with E-state index in [2.05, 4.69) is 5.32 Å². The number of carbonyl (C=O) groups excluding carboxylic acids is 3. The largest absolute Gasteiger partial charge is 0.452 e. The summed E-state index contributed by atoms with van der Waals surface area (Å²) in [6.45, 7) is -0.400. The Kier molecular flexibility index (Phi) is 6.22. The zero-order valence-corrected chi connectivity index (χ0v) is 17.0. The first-order valence-corrected chi connectivity index (χ1v) is 10.3. The number of carbonyl (C=O) groups is 3. The lowest BCUT2D eigenvalue weighted by Gasteiger charge is -2.19. The third-order valence-corrected chi connectivity index (χ3v) is 5.33. The molecule has 1 amide bonds. The maximum Gasteiger partial charge on any atom is 0.339 e. The molecule has 1 N–H and O–H groups in total. The molecule has 3 aromatic carbocycles. The number of benzene rings is 3. The van der Waals surface area contributed by atoms with Gasteiger partial charge in [-0.1, -0.05) is 78.9 Å². The van der Waals surface area contributed by atoms with Crippen LogP contribution in [0.3, 0.4) is 0 Å². The highest BCUT2D eigenvalue weighted by Crippen LogP contribution is 2.40. The molecule has 0 heterocycles. The van der Waals surface area contributed by atoms with Crippen LogP contribution in [0.4, 0.5) is 0 Å². The van der Waals surface area contributed by atoms with E-state index in [9.17, 15) is 14.4 Å². The highest BCUT2D eigenvalue weighted by Gasteiger charge is 2.33. The van der Waals surface area contributed by atoms with Crippen LogP contribution < -0.4 is 5.32 Å². The molecule has 4 rings (SSSR count). The van der Waals surface area contributed by atoms with Gasteiger partial charge in [-0.3, -0.25) is 9.59 Å². The fourth-order valence-corrected chi connectivity index (χ4v) is 3.59. The molecule has 1 aliphatic rings. The Hall–Kier alpha value is -3.73. The normalized spacial score (nSPS) is 13.8. The summed E-state index contributed by atoms with van der Waals surface area (Å²) in [6.07, 6.45) is 2.13. The molecular weight excluding hydrogens is 390 g/mol. The summed E-state index contributed by atoms with van der Waals surface area (Å²) in [7, 11) is 0. The van der Waals surface area contributed by atoms with E-state index in [1.165, 1.54) is 6.07 Å². The monoisotopic (exact) mass is 413 g/mol. The second-order valence-electron chi connectivity index (χ2n) is 7.61. The average molecular weight is 413 g/mol. The molecule has 1 fully saturated rings. The molecule has 1 aliphatic carbocycles. The van der Waals surface area contributed by atoms with Crippen molar-refractivity contribution in [3.05, 3.63) is 107 Å². The molecule has 0 spiro atoms. The van der Waals surface area contributed by atoms with Crippen LogP contribution in [0.25, 0.3) is 0 Å². The number of nitrogens with one attached hydrogen (secondary N) is 1. The van der Waals surface area contributed by atoms with Gasteiger partial charge in [-0.25, -0.2) is 4.79 Å². The van der Waals surface area contributed by atoms with Crippen molar-refractivity contribution < 1.29 is 19.1 Å². The SMILES string of the molecule is O=C(COC(=O)c1ccccc1C(=O)c1ccccc1)NC(c1ccccc1)C1CC1. The predicted molar refractivity (Wildman–Crippen MR) is 117 cm³/mol. The summed E-state index contributed by atoms with van der Waals surface area (Å²) in [6, 6.07) is 24.9. The van der Waals surface area contributed by atoms with Crippen LogP contribution in [0.5, 0.6) is 0 Å². The minimum Gasteiger partial charge on any atom is -0.452 e. The van der Waals surface area contributed by atoms with Gasteiger partial charge in [0.15, 0.2) is 12.4 Å². The van der Waals surface area contributed by atoms with E-state index >= 15 is 0 Å². The van der Waals surface area contributed by atoms with Crippen LogP contribution in [-0.4, -0.2) is 24.3 Å². The Bertz CT molecular complexity index is 1070. The minimum atomic E-state index is -0.697. The Morgan fingerprint density at radius 3 is 2.03 bits per heavy atom. The molecule has 0 aromatic heterocycles. The lowest BCUT2D eigenvalue weighted by atomic mass is 9.98. The Morgan fingerprint density at radius 2 is 1.39 bits per heavy atom. The van der Waals surface area contributed by atoms with Gasteiger partial charge in [-0.15, -0.1) is 0 Å². The van der Waals surface area contributed by atoms with Crippen molar-refractivity contribution in [3.8, 4) is 0 Å². The van der Waals surface area contributed by atoms with Crippen molar-refractivity contribution in [1.29, 1.82) is 0 Å². The smallest absolute Gasteiger partial charge is 0.339 e. The van der Waals surface area contributed by atoms with E-state index < -0.39 is 12.6 Å². The molecule has 0 radical (unpaired) electrons. The number of ether oxygens (including phenoxy) is 1. The first-order valence-electron chi connectivity index (χ1n) is 10.3. The fourth-order valence-electron chi connectivity index (χ4n) is 3.59. The Labute approximate surface area is 181 Å². The molecular formula is C26H23NO4.